The predicted molar refractivity (Wildman–Crippen MR) is 84.5 cm³/mol. The molecular formula is C14H9N7OS. The SMILES string of the molecule is O=C(Nc1cccc2nsnc12)c1ccc(-n2cccn2)nn1. The van der Waals surface area contributed by atoms with Crippen LogP contribution < -0.4 is 5.32 Å². The zero-order valence-corrected chi connectivity index (χ0v) is 12.4. The third-order valence-corrected chi connectivity index (χ3v) is 3.70. The zero-order valence-electron chi connectivity index (χ0n) is 11.6. The second kappa shape index (κ2) is 5.54. The van der Waals surface area contributed by atoms with Crippen molar-refractivity contribution in [2.45, 2.75) is 0 Å². The van der Waals surface area contributed by atoms with E-state index in [1.807, 2.05) is 12.1 Å². The molecule has 4 aromatic rings. The van der Waals surface area contributed by atoms with E-state index >= 15 is 0 Å². The van der Waals surface area contributed by atoms with Crippen LogP contribution in [0.3, 0.4) is 0 Å². The molecule has 0 fully saturated rings. The van der Waals surface area contributed by atoms with Crippen LogP contribution in [0.25, 0.3) is 16.9 Å². The summed E-state index contributed by atoms with van der Waals surface area (Å²) in [7, 11) is 0. The fourth-order valence-electron chi connectivity index (χ4n) is 2.07. The number of benzene rings is 1. The Morgan fingerprint density at radius 2 is 2.04 bits per heavy atom. The third-order valence-electron chi connectivity index (χ3n) is 3.16. The molecule has 3 aromatic heterocycles. The number of carbonyl (C=O) groups excluding carboxylic acids is 1. The molecule has 0 bridgehead atoms. The quantitative estimate of drug-likeness (QED) is 0.618. The summed E-state index contributed by atoms with van der Waals surface area (Å²) in [4.78, 5) is 12.3. The van der Waals surface area contributed by atoms with E-state index in [-0.39, 0.29) is 11.6 Å². The van der Waals surface area contributed by atoms with Crippen LogP contribution in [0.15, 0.2) is 48.8 Å². The Morgan fingerprint density at radius 1 is 1.09 bits per heavy atom. The Morgan fingerprint density at radius 3 is 2.83 bits per heavy atom. The van der Waals surface area contributed by atoms with Crippen molar-refractivity contribution >= 4 is 34.4 Å². The largest absolute Gasteiger partial charge is 0.319 e. The van der Waals surface area contributed by atoms with Crippen molar-refractivity contribution in [2.24, 2.45) is 0 Å². The van der Waals surface area contributed by atoms with Crippen LogP contribution in [0.4, 0.5) is 5.69 Å². The molecule has 4 rings (SSSR count). The summed E-state index contributed by atoms with van der Waals surface area (Å²) < 4.78 is 9.89. The van der Waals surface area contributed by atoms with Crippen molar-refractivity contribution in [1.82, 2.24) is 28.7 Å². The van der Waals surface area contributed by atoms with Gasteiger partial charge in [0.05, 0.1) is 17.4 Å². The van der Waals surface area contributed by atoms with Gasteiger partial charge in [0, 0.05) is 12.4 Å². The maximum Gasteiger partial charge on any atom is 0.276 e. The Balaban J connectivity index is 1.58. The van der Waals surface area contributed by atoms with Gasteiger partial charge in [0.1, 0.15) is 11.0 Å². The monoisotopic (exact) mass is 323 g/mol. The molecule has 0 atom stereocenters. The molecule has 112 valence electrons. The van der Waals surface area contributed by atoms with Gasteiger partial charge in [0.2, 0.25) is 0 Å². The molecule has 0 radical (unpaired) electrons. The lowest BCUT2D eigenvalue weighted by Gasteiger charge is -2.05. The zero-order chi connectivity index (χ0) is 15.6. The van der Waals surface area contributed by atoms with Gasteiger partial charge in [-0.2, -0.15) is 13.8 Å². The number of nitrogens with zero attached hydrogens (tertiary/aromatic N) is 6. The van der Waals surface area contributed by atoms with Gasteiger partial charge in [-0.1, -0.05) is 6.07 Å². The summed E-state index contributed by atoms with van der Waals surface area (Å²) in [6.07, 6.45) is 3.39. The van der Waals surface area contributed by atoms with Gasteiger partial charge in [-0.25, -0.2) is 4.68 Å². The van der Waals surface area contributed by atoms with Crippen molar-refractivity contribution in [1.29, 1.82) is 0 Å². The van der Waals surface area contributed by atoms with E-state index in [0.29, 0.717) is 17.0 Å². The van der Waals surface area contributed by atoms with Gasteiger partial charge < -0.3 is 5.32 Å². The van der Waals surface area contributed by atoms with E-state index < -0.39 is 0 Å². The molecule has 0 spiro atoms. The summed E-state index contributed by atoms with van der Waals surface area (Å²) in [5.41, 5.74) is 2.21. The van der Waals surface area contributed by atoms with Crippen LogP contribution in [0.1, 0.15) is 10.5 Å². The standard InChI is InChI=1S/C14H9N7OS/c22-14(16-9-3-1-4-10-13(9)20-23-19-10)11-5-6-12(18-17-11)21-8-2-7-15-21/h1-8H,(H,16,22). The normalized spacial score (nSPS) is 10.8. The highest BCUT2D eigenvalue weighted by Crippen LogP contribution is 2.21. The minimum absolute atomic E-state index is 0.209. The molecule has 0 aliphatic carbocycles. The van der Waals surface area contributed by atoms with Crippen LogP contribution >= 0.6 is 11.7 Å². The average Bonchev–Trinajstić information content (AvgIpc) is 3.27. The first-order valence-electron chi connectivity index (χ1n) is 6.68. The topological polar surface area (TPSA) is 98.5 Å². The van der Waals surface area contributed by atoms with E-state index in [1.54, 1.807) is 41.3 Å². The number of amides is 1. The van der Waals surface area contributed by atoms with Crippen molar-refractivity contribution < 1.29 is 4.79 Å². The van der Waals surface area contributed by atoms with Crippen molar-refractivity contribution in [3.63, 3.8) is 0 Å². The molecule has 0 saturated heterocycles. The third kappa shape index (κ3) is 2.53. The predicted octanol–water partition coefficient (Wildman–Crippen LogP) is 1.92. The molecule has 0 aliphatic heterocycles. The molecule has 1 aromatic carbocycles. The number of anilines is 1. The van der Waals surface area contributed by atoms with Crippen LogP contribution in [0.5, 0.6) is 0 Å². The molecule has 23 heavy (non-hydrogen) atoms. The summed E-state index contributed by atoms with van der Waals surface area (Å²) in [5.74, 6) is 0.183. The molecule has 8 nitrogen and oxygen atoms in total. The molecule has 0 saturated carbocycles. The van der Waals surface area contributed by atoms with Crippen molar-refractivity contribution in [3.8, 4) is 5.82 Å². The van der Waals surface area contributed by atoms with Crippen LogP contribution in [0, 0.1) is 0 Å². The van der Waals surface area contributed by atoms with Gasteiger partial charge >= 0.3 is 0 Å². The molecule has 9 heteroatoms. The molecule has 0 aliphatic rings. The number of fused-ring (bicyclic) bond motifs is 1. The molecule has 3 heterocycles. The Labute approximate surface area is 134 Å². The summed E-state index contributed by atoms with van der Waals surface area (Å²) in [6.45, 7) is 0. The van der Waals surface area contributed by atoms with Crippen LogP contribution in [-0.4, -0.2) is 34.6 Å². The first kappa shape index (κ1) is 13.5. The first-order chi connectivity index (χ1) is 11.3. The van der Waals surface area contributed by atoms with E-state index in [4.69, 9.17) is 0 Å². The maximum atomic E-state index is 12.3. The van der Waals surface area contributed by atoms with Crippen molar-refractivity contribution in [3.05, 3.63) is 54.5 Å². The molecule has 1 amide bonds. The Bertz CT molecular complexity index is 962. The second-order valence-corrected chi connectivity index (χ2v) is 5.15. The smallest absolute Gasteiger partial charge is 0.276 e. The maximum absolute atomic E-state index is 12.3. The minimum Gasteiger partial charge on any atom is -0.319 e. The fourth-order valence-corrected chi connectivity index (χ4v) is 2.62. The lowest BCUT2D eigenvalue weighted by molar-refractivity contribution is 0.102. The summed E-state index contributed by atoms with van der Waals surface area (Å²) in [5, 5.41) is 14.8. The highest BCUT2D eigenvalue weighted by molar-refractivity contribution is 7.00. The molecular weight excluding hydrogens is 314 g/mol. The highest BCUT2D eigenvalue weighted by Gasteiger charge is 2.12. The fraction of sp³-hybridized carbons (Fsp3) is 0. The number of rotatable bonds is 3. The molecule has 1 N–H and O–H groups in total. The lowest BCUT2D eigenvalue weighted by atomic mass is 10.2. The number of nitrogens with one attached hydrogen (secondary N) is 1. The second-order valence-electron chi connectivity index (χ2n) is 4.62. The van der Waals surface area contributed by atoms with Gasteiger partial charge in [-0.3, -0.25) is 4.79 Å². The highest BCUT2D eigenvalue weighted by atomic mass is 32.1. The van der Waals surface area contributed by atoms with Gasteiger partial charge in [0.15, 0.2) is 11.5 Å². The number of hydrogen-bond donors (Lipinski definition) is 1. The number of carbonyl (C=O) groups is 1. The van der Waals surface area contributed by atoms with Gasteiger partial charge in [-0.05, 0) is 30.3 Å². The lowest BCUT2D eigenvalue weighted by Crippen LogP contribution is -2.15. The molecule has 0 unspecified atom stereocenters. The van der Waals surface area contributed by atoms with Crippen molar-refractivity contribution in [2.75, 3.05) is 5.32 Å². The minimum atomic E-state index is -0.356. The van der Waals surface area contributed by atoms with E-state index in [1.165, 1.54) is 0 Å². The van der Waals surface area contributed by atoms with E-state index in [9.17, 15) is 4.79 Å². The van der Waals surface area contributed by atoms with E-state index in [0.717, 1.165) is 17.2 Å². The van der Waals surface area contributed by atoms with Gasteiger partial charge in [-0.15, -0.1) is 10.2 Å². The average molecular weight is 323 g/mol. The Kier molecular flexibility index (Phi) is 3.24. The first-order valence-corrected chi connectivity index (χ1v) is 7.41. The Hall–Kier alpha value is -3.20. The number of hydrogen-bond acceptors (Lipinski definition) is 7. The summed E-state index contributed by atoms with van der Waals surface area (Å²) >= 11 is 1.10. The van der Waals surface area contributed by atoms with Gasteiger partial charge in [0.25, 0.3) is 5.91 Å². The van der Waals surface area contributed by atoms with Crippen LogP contribution in [-0.2, 0) is 0 Å². The van der Waals surface area contributed by atoms with Crippen LogP contribution in [0.2, 0.25) is 0 Å². The van der Waals surface area contributed by atoms with E-state index in [2.05, 4.69) is 29.4 Å². The summed E-state index contributed by atoms with van der Waals surface area (Å²) in [6, 6.07) is 10.5. The number of aromatic nitrogens is 6.